The molecule has 0 spiro atoms. The Morgan fingerprint density at radius 2 is 1.68 bits per heavy atom. The molecule has 1 aromatic carbocycles. The highest BCUT2D eigenvalue weighted by molar-refractivity contribution is 5.92. The summed E-state index contributed by atoms with van der Waals surface area (Å²) in [5.41, 5.74) is 4.07. The van der Waals surface area contributed by atoms with E-state index in [1.165, 1.54) is 0 Å². The van der Waals surface area contributed by atoms with Crippen molar-refractivity contribution < 1.29 is 9.32 Å². The average Bonchev–Trinajstić information content (AvgIpc) is 3.16. The van der Waals surface area contributed by atoms with Crippen LogP contribution in [0.15, 0.2) is 47.2 Å². The number of nitrogens with zero attached hydrogens (tertiary/aromatic N) is 3. The van der Waals surface area contributed by atoms with Crippen molar-refractivity contribution in [1.29, 1.82) is 0 Å². The molecule has 3 rings (SSSR count). The maximum Gasteiger partial charge on any atom is 0.227 e. The first-order chi connectivity index (χ1) is 13.5. The molecule has 0 aliphatic rings. The summed E-state index contributed by atoms with van der Waals surface area (Å²) in [6, 6.07) is 9.84. The second-order valence-corrected chi connectivity index (χ2v) is 7.42. The lowest BCUT2D eigenvalue weighted by molar-refractivity contribution is -0.116. The lowest BCUT2D eigenvalue weighted by atomic mass is 9.92. The molecule has 0 fully saturated rings. The summed E-state index contributed by atoms with van der Waals surface area (Å²) in [6.07, 6.45) is 4.03. The van der Waals surface area contributed by atoms with Gasteiger partial charge in [0.15, 0.2) is 0 Å². The third-order valence-electron chi connectivity index (χ3n) is 4.61. The van der Waals surface area contributed by atoms with Gasteiger partial charge in [-0.15, -0.1) is 0 Å². The molecule has 0 saturated carbocycles. The summed E-state index contributed by atoms with van der Waals surface area (Å²) < 4.78 is 5.28. The SMILES string of the molecule is CC(C)c1cccc(C(C)C)c1NC(=O)CCc1nc(-c2ccncc2)no1. The number of carbonyl (C=O) groups excluding carboxylic acids is 1. The highest BCUT2D eigenvalue weighted by Crippen LogP contribution is 2.32. The van der Waals surface area contributed by atoms with E-state index in [4.69, 9.17) is 4.52 Å². The van der Waals surface area contributed by atoms with E-state index in [0.717, 1.165) is 22.4 Å². The maximum absolute atomic E-state index is 12.6. The number of aryl methyl sites for hydroxylation is 1. The van der Waals surface area contributed by atoms with Gasteiger partial charge in [0, 0.05) is 36.5 Å². The van der Waals surface area contributed by atoms with Crippen molar-refractivity contribution in [2.75, 3.05) is 5.32 Å². The average molecular weight is 378 g/mol. The van der Waals surface area contributed by atoms with Crippen molar-refractivity contribution in [2.45, 2.75) is 52.4 Å². The van der Waals surface area contributed by atoms with Crippen molar-refractivity contribution in [3.05, 3.63) is 59.7 Å². The van der Waals surface area contributed by atoms with Crippen molar-refractivity contribution in [2.24, 2.45) is 0 Å². The molecule has 0 bridgehead atoms. The third kappa shape index (κ3) is 4.63. The molecule has 0 radical (unpaired) electrons. The van der Waals surface area contributed by atoms with Crippen molar-refractivity contribution >= 4 is 11.6 Å². The van der Waals surface area contributed by atoms with Crippen LogP contribution in [0.4, 0.5) is 5.69 Å². The largest absolute Gasteiger partial charge is 0.339 e. The van der Waals surface area contributed by atoms with E-state index in [1.807, 2.05) is 12.1 Å². The van der Waals surface area contributed by atoms with E-state index in [9.17, 15) is 4.79 Å². The van der Waals surface area contributed by atoms with Crippen LogP contribution in [-0.4, -0.2) is 21.0 Å². The maximum atomic E-state index is 12.6. The first-order valence-corrected chi connectivity index (χ1v) is 9.61. The van der Waals surface area contributed by atoms with E-state index in [1.54, 1.807) is 12.4 Å². The van der Waals surface area contributed by atoms with Gasteiger partial charge in [0.1, 0.15) is 0 Å². The minimum absolute atomic E-state index is 0.0568. The number of aromatic nitrogens is 3. The number of carbonyl (C=O) groups is 1. The van der Waals surface area contributed by atoms with Gasteiger partial charge in [-0.25, -0.2) is 0 Å². The molecule has 2 heterocycles. The zero-order valence-corrected chi connectivity index (χ0v) is 16.8. The number of anilines is 1. The first kappa shape index (κ1) is 19.7. The predicted octanol–water partition coefficient (Wildman–Crippen LogP) is 4.95. The fourth-order valence-electron chi connectivity index (χ4n) is 3.09. The number of hydrogen-bond donors (Lipinski definition) is 1. The second-order valence-electron chi connectivity index (χ2n) is 7.42. The fraction of sp³-hybridized carbons (Fsp3) is 0.364. The molecule has 0 aliphatic heterocycles. The molecule has 2 aromatic heterocycles. The summed E-state index contributed by atoms with van der Waals surface area (Å²) in [6.45, 7) is 8.53. The molecule has 0 saturated heterocycles. The Balaban J connectivity index is 1.68. The number of benzene rings is 1. The first-order valence-electron chi connectivity index (χ1n) is 9.61. The smallest absolute Gasteiger partial charge is 0.227 e. The predicted molar refractivity (Wildman–Crippen MR) is 109 cm³/mol. The molecule has 6 nitrogen and oxygen atoms in total. The van der Waals surface area contributed by atoms with Gasteiger partial charge in [0.05, 0.1) is 0 Å². The molecule has 1 amide bonds. The molecule has 0 unspecified atom stereocenters. The molecule has 0 atom stereocenters. The van der Waals surface area contributed by atoms with Crippen LogP contribution in [0.5, 0.6) is 0 Å². The highest BCUT2D eigenvalue weighted by atomic mass is 16.5. The number of para-hydroxylation sites is 1. The minimum atomic E-state index is -0.0568. The molecule has 6 heteroatoms. The number of rotatable bonds is 7. The summed E-state index contributed by atoms with van der Waals surface area (Å²) in [4.78, 5) is 20.9. The van der Waals surface area contributed by atoms with Crippen molar-refractivity contribution in [1.82, 2.24) is 15.1 Å². The Labute approximate surface area is 165 Å². The van der Waals surface area contributed by atoms with Crippen molar-refractivity contribution in [3.8, 4) is 11.4 Å². The summed E-state index contributed by atoms with van der Waals surface area (Å²) in [5.74, 6) is 1.55. The van der Waals surface area contributed by atoms with E-state index < -0.39 is 0 Å². The van der Waals surface area contributed by atoms with E-state index >= 15 is 0 Å². The Hall–Kier alpha value is -3.02. The van der Waals surface area contributed by atoms with Crippen LogP contribution in [-0.2, 0) is 11.2 Å². The van der Waals surface area contributed by atoms with Gasteiger partial charge in [0.2, 0.25) is 17.6 Å². The van der Waals surface area contributed by atoms with Crippen LogP contribution >= 0.6 is 0 Å². The molecule has 0 aliphatic carbocycles. The molecule has 146 valence electrons. The molecular formula is C22H26N4O2. The molecule has 1 N–H and O–H groups in total. The van der Waals surface area contributed by atoms with Crippen molar-refractivity contribution in [3.63, 3.8) is 0 Å². The Morgan fingerprint density at radius 3 is 2.29 bits per heavy atom. The summed E-state index contributed by atoms with van der Waals surface area (Å²) in [5, 5.41) is 7.09. The second kappa shape index (κ2) is 8.78. The zero-order valence-electron chi connectivity index (χ0n) is 16.8. The van der Waals surface area contributed by atoms with Crippen LogP contribution in [0.2, 0.25) is 0 Å². The van der Waals surface area contributed by atoms with Gasteiger partial charge in [-0.3, -0.25) is 9.78 Å². The topological polar surface area (TPSA) is 80.9 Å². The lowest BCUT2D eigenvalue weighted by Gasteiger charge is -2.20. The summed E-state index contributed by atoms with van der Waals surface area (Å²) >= 11 is 0. The zero-order chi connectivity index (χ0) is 20.1. The standard InChI is InChI=1S/C22H26N4O2/c1-14(2)17-6-5-7-18(15(3)4)21(17)24-19(27)8-9-20-25-22(26-28-20)16-10-12-23-13-11-16/h5-7,10-15H,8-9H2,1-4H3,(H,24,27). The van der Waals surface area contributed by atoms with E-state index in [-0.39, 0.29) is 12.3 Å². The van der Waals surface area contributed by atoms with Crippen LogP contribution in [0, 0.1) is 0 Å². The lowest BCUT2D eigenvalue weighted by Crippen LogP contribution is -2.16. The monoisotopic (exact) mass is 378 g/mol. The van der Waals surface area contributed by atoms with Crippen LogP contribution in [0.25, 0.3) is 11.4 Å². The fourth-order valence-corrected chi connectivity index (χ4v) is 3.09. The number of hydrogen-bond acceptors (Lipinski definition) is 5. The Kier molecular flexibility index (Phi) is 6.19. The van der Waals surface area contributed by atoms with Crippen LogP contribution < -0.4 is 5.32 Å². The quantitative estimate of drug-likeness (QED) is 0.629. The van der Waals surface area contributed by atoms with Gasteiger partial charge in [-0.1, -0.05) is 51.1 Å². The van der Waals surface area contributed by atoms with E-state index in [2.05, 4.69) is 66.3 Å². The minimum Gasteiger partial charge on any atom is -0.339 e. The number of pyridine rings is 1. The normalized spacial score (nSPS) is 11.2. The Morgan fingerprint density at radius 1 is 1.04 bits per heavy atom. The highest BCUT2D eigenvalue weighted by Gasteiger charge is 2.17. The third-order valence-corrected chi connectivity index (χ3v) is 4.61. The van der Waals surface area contributed by atoms with Gasteiger partial charge in [0.25, 0.3) is 0 Å². The molecule has 3 aromatic rings. The number of amides is 1. The van der Waals surface area contributed by atoms with Gasteiger partial charge >= 0.3 is 0 Å². The summed E-state index contributed by atoms with van der Waals surface area (Å²) in [7, 11) is 0. The molecular weight excluding hydrogens is 352 g/mol. The van der Waals surface area contributed by atoms with Crippen LogP contribution in [0.1, 0.15) is 63.0 Å². The van der Waals surface area contributed by atoms with Gasteiger partial charge < -0.3 is 9.84 Å². The van der Waals surface area contributed by atoms with Crippen LogP contribution in [0.3, 0.4) is 0 Å². The molecule has 28 heavy (non-hydrogen) atoms. The Bertz CT molecular complexity index is 906. The van der Waals surface area contributed by atoms with Gasteiger partial charge in [-0.2, -0.15) is 4.98 Å². The van der Waals surface area contributed by atoms with E-state index in [0.29, 0.717) is 30.0 Å². The number of nitrogens with one attached hydrogen (secondary N) is 1. The van der Waals surface area contributed by atoms with Gasteiger partial charge in [-0.05, 0) is 35.1 Å².